The van der Waals surface area contributed by atoms with Gasteiger partial charge in [-0.3, -0.25) is 4.79 Å². The largest absolute Gasteiger partial charge is 0.467 e. The molecule has 2 aromatic heterocycles. The van der Waals surface area contributed by atoms with Gasteiger partial charge in [-0.1, -0.05) is 18.2 Å². The minimum atomic E-state index is -0.0925. The molecule has 1 aromatic carbocycles. The smallest absolute Gasteiger partial charge is 0.261 e. The highest BCUT2D eigenvalue weighted by Crippen LogP contribution is 2.24. The molecule has 0 unspecified atom stereocenters. The van der Waals surface area contributed by atoms with E-state index >= 15 is 0 Å². The number of furan rings is 1. The summed E-state index contributed by atoms with van der Waals surface area (Å²) in [6, 6.07) is 16.8. The van der Waals surface area contributed by atoms with Crippen molar-refractivity contribution in [1.29, 1.82) is 0 Å². The molecule has 2 heterocycles. The summed E-state index contributed by atoms with van der Waals surface area (Å²) in [5, 5.41) is 0.720. The van der Waals surface area contributed by atoms with Crippen LogP contribution in [0.15, 0.2) is 76.5 Å². The van der Waals surface area contributed by atoms with Gasteiger partial charge in [-0.2, -0.15) is 0 Å². The Morgan fingerprint density at radius 2 is 1.96 bits per heavy atom. The molecule has 0 saturated heterocycles. The molecule has 0 aliphatic heterocycles. The van der Waals surface area contributed by atoms with Gasteiger partial charge in [0.2, 0.25) is 0 Å². The summed E-state index contributed by atoms with van der Waals surface area (Å²) >= 11 is 1.46. The van der Waals surface area contributed by atoms with Gasteiger partial charge >= 0.3 is 0 Å². The normalized spacial score (nSPS) is 10.5. The van der Waals surface area contributed by atoms with E-state index in [2.05, 4.69) is 4.98 Å². The van der Waals surface area contributed by atoms with Crippen molar-refractivity contribution < 1.29 is 9.21 Å². The Hall–Kier alpha value is -2.53. The van der Waals surface area contributed by atoms with Crippen LogP contribution in [0.3, 0.4) is 0 Å². The lowest BCUT2D eigenvalue weighted by Gasteiger charge is -2.22. The number of carbonyl (C=O) groups excluding carboxylic acids is 1. The fraction of sp³-hybridized carbons (Fsp3) is 0.111. The second-order valence-electron chi connectivity index (χ2n) is 4.87. The van der Waals surface area contributed by atoms with Crippen LogP contribution in [0.2, 0.25) is 0 Å². The van der Waals surface area contributed by atoms with Gasteiger partial charge in [-0.15, -0.1) is 11.8 Å². The fourth-order valence-electron chi connectivity index (χ4n) is 2.31. The first-order chi connectivity index (χ1) is 11.3. The van der Waals surface area contributed by atoms with Gasteiger partial charge in [-0.05, 0) is 42.7 Å². The van der Waals surface area contributed by atoms with Crippen LogP contribution in [0.4, 0.5) is 5.69 Å². The molecule has 3 rings (SSSR count). The van der Waals surface area contributed by atoms with Gasteiger partial charge in [0.1, 0.15) is 10.8 Å². The lowest BCUT2D eigenvalue weighted by Crippen LogP contribution is -2.30. The van der Waals surface area contributed by atoms with Crippen LogP contribution < -0.4 is 4.90 Å². The molecule has 5 heteroatoms. The highest BCUT2D eigenvalue weighted by Gasteiger charge is 2.21. The van der Waals surface area contributed by atoms with Crippen LogP contribution in [0.1, 0.15) is 16.1 Å². The molecule has 4 nitrogen and oxygen atoms in total. The van der Waals surface area contributed by atoms with Gasteiger partial charge in [0, 0.05) is 11.9 Å². The van der Waals surface area contributed by atoms with E-state index < -0.39 is 0 Å². The number of pyridine rings is 1. The highest BCUT2D eigenvalue weighted by atomic mass is 32.2. The zero-order chi connectivity index (χ0) is 16.1. The fourth-order valence-corrected chi connectivity index (χ4v) is 2.85. The molecule has 1 amide bonds. The second-order valence-corrected chi connectivity index (χ2v) is 5.66. The van der Waals surface area contributed by atoms with E-state index in [1.807, 2.05) is 48.7 Å². The topological polar surface area (TPSA) is 46.3 Å². The minimum Gasteiger partial charge on any atom is -0.467 e. The average molecular weight is 324 g/mol. The van der Waals surface area contributed by atoms with Crippen LogP contribution in [-0.4, -0.2) is 17.1 Å². The van der Waals surface area contributed by atoms with Crippen molar-refractivity contribution in [3.05, 3.63) is 78.4 Å². The van der Waals surface area contributed by atoms with Crippen LogP contribution >= 0.6 is 11.8 Å². The van der Waals surface area contributed by atoms with Gasteiger partial charge in [0.15, 0.2) is 0 Å². The molecule has 0 aliphatic rings. The van der Waals surface area contributed by atoms with Crippen molar-refractivity contribution in [1.82, 2.24) is 4.98 Å². The predicted octanol–water partition coefficient (Wildman–Crippen LogP) is 4.24. The summed E-state index contributed by atoms with van der Waals surface area (Å²) in [7, 11) is 0. The zero-order valence-corrected chi connectivity index (χ0v) is 13.5. The summed E-state index contributed by atoms with van der Waals surface area (Å²) in [6.07, 6.45) is 5.22. The molecule has 0 radical (unpaired) electrons. The maximum absolute atomic E-state index is 13.1. The Morgan fingerprint density at radius 1 is 1.13 bits per heavy atom. The van der Waals surface area contributed by atoms with E-state index in [4.69, 9.17) is 4.42 Å². The van der Waals surface area contributed by atoms with Gasteiger partial charge < -0.3 is 9.32 Å². The quantitative estimate of drug-likeness (QED) is 0.658. The molecule has 0 atom stereocenters. The van der Waals surface area contributed by atoms with Crippen LogP contribution in [0.5, 0.6) is 0 Å². The Kier molecular flexibility index (Phi) is 4.78. The monoisotopic (exact) mass is 324 g/mol. The number of aromatic nitrogens is 1. The SMILES string of the molecule is CSc1ncccc1C(=O)N(Cc1ccco1)c1ccccc1. The Labute approximate surface area is 139 Å². The van der Waals surface area contributed by atoms with E-state index in [-0.39, 0.29) is 5.91 Å². The predicted molar refractivity (Wildman–Crippen MR) is 91.7 cm³/mol. The first kappa shape index (κ1) is 15.4. The first-order valence-electron chi connectivity index (χ1n) is 7.18. The number of benzene rings is 1. The van der Waals surface area contributed by atoms with Gasteiger partial charge in [0.05, 0.1) is 18.4 Å². The Bertz CT molecular complexity index is 773. The number of thioether (sulfide) groups is 1. The number of hydrogen-bond acceptors (Lipinski definition) is 4. The average Bonchev–Trinajstić information content (AvgIpc) is 3.13. The number of hydrogen-bond donors (Lipinski definition) is 0. The lowest BCUT2D eigenvalue weighted by atomic mass is 10.2. The van der Waals surface area contributed by atoms with Gasteiger partial charge in [0.25, 0.3) is 5.91 Å². The molecule has 3 aromatic rings. The number of carbonyl (C=O) groups is 1. The second kappa shape index (κ2) is 7.15. The Balaban J connectivity index is 1.99. The van der Waals surface area contributed by atoms with Crippen LogP contribution in [0.25, 0.3) is 0 Å². The number of nitrogens with zero attached hydrogens (tertiary/aromatic N) is 2. The molecule has 0 N–H and O–H groups in total. The molecular formula is C18H16N2O2S. The standard InChI is InChI=1S/C18H16N2O2S/c1-23-17-16(10-5-11-19-17)18(21)20(13-15-9-6-12-22-15)14-7-3-2-4-8-14/h2-12H,13H2,1H3. The van der Waals surface area contributed by atoms with E-state index in [9.17, 15) is 4.79 Å². The number of para-hydroxylation sites is 1. The maximum Gasteiger partial charge on any atom is 0.261 e. The van der Waals surface area contributed by atoms with E-state index in [1.54, 1.807) is 29.5 Å². The van der Waals surface area contributed by atoms with E-state index in [0.29, 0.717) is 12.1 Å². The molecular weight excluding hydrogens is 308 g/mol. The molecule has 23 heavy (non-hydrogen) atoms. The summed E-state index contributed by atoms with van der Waals surface area (Å²) in [6.45, 7) is 0.374. The molecule has 0 bridgehead atoms. The molecule has 0 spiro atoms. The first-order valence-corrected chi connectivity index (χ1v) is 8.40. The van der Waals surface area contributed by atoms with E-state index in [1.165, 1.54) is 11.8 Å². The van der Waals surface area contributed by atoms with Crippen molar-refractivity contribution >= 4 is 23.4 Å². The van der Waals surface area contributed by atoms with Crippen LogP contribution in [0, 0.1) is 0 Å². The molecule has 0 aliphatic carbocycles. The van der Waals surface area contributed by atoms with Crippen molar-refractivity contribution in [2.75, 3.05) is 11.2 Å². The molecule has 0 fully saturated rings. The van der Waals surface area contributed by atoms with Gasteiger partial charge in [-0.25, -0.2) is 4.98 Å². The van der Waals surface area contributed by atoms with Crippen molar-refractivity contribution in [2.45, 2.75) is 11.6 Å². The molecule has 116 valence electrons. The summed E-state index contributed by atoms with van der Waals surface area (Å²) in [5.74, 6) is 0.641. The minimum absolute atomic E-state index is 0.0925. The third-order valence-corrected chi connectivity index (χ3v) is 4.11. The van der Waals surface area contributed by atoms with Crippen molar-refractivity contribution in [3.63, 3.8) is 0 Å². The number of rotatable bonds is 5. The Morgan fingerprint density at radius 3 is 2.65 bits per heavy atom. The van der Waals surface area contributed by atoms with Crippen molar-refractivity contribution in [2.24, 2.45) is 0 Å². The third kappa shape index (κ3) is 3.46. The van der Waals surface area contributed by atoms with Crippen LogP contribution in [-0.2, 0) is 6.54 Å². The summed E-state index contributed by atoms with van der Waals surface area (Å²) in [4.78, 5) is 19.1. The number of amides is 1. The maximum atomic E-state index is 13.1. The lowest BCUT2D eigenvalue weighted by molar-refractivity contribution is 0.0979. The highest BCUT2D eigenvalue weighted by molar-refractivity contribution is 7.98. The number of anilines is 1. The summed E-state index contributed by atoms with van der Waals surface area (Å²) < 4.78 is 5.41. The molecule has 0 saturated carbocycles. The third-order valence-electron chi connectivity index (χ3n) is 3.40. The summed E-state index contributed by atoms with van der Waals surface area (Å²) in [5.41, 5.74) is 1.42. The van der Waals surface area contributed by atoms with Crippen molar-refractivity contribution in [3.8, 4) is 0 Å². The van der Waals surface area contributed by atoms with E-state index in [0.717, 1.165) is 16.5 Å². The zero-order valence-electron chi connectivity index (χ0n) is 12.7.